The highest BCUT2D eigenvalue weighted by molar-refractivity contribution is 9.10. The largest absolute Gasteiger partial charge is 0.496 e. The van der Waals surface area contributed by atoms with Gasteiger partial charge < -0.3 is 10.5 Å². The third kappa shape index (κ3) is 3.36. The molecule has 0 amide bonds. The lowest BCUT2D eigenvalue weighted by Gasteiger charge is -2.06. The standard InChI is InChI=1S/C12H16BrNO/c1-9(4-3-7-14)10-5-6-12(15-2)11(13)8-10/h4-6,8H,3,7,14H2,1-2H3/b9-4+. The Labute approximate surface area is 99.3 Å². The molecule has 0 saturated heterocycles. The van der Waals surface area contributed by atoms with E-state index < -0.39 is 0 Å². The van der Waals surface area contributed by atoms with Crippen LogP contribution >= 0.6 is 15.9 Å². The Morgan fingerprint density at radius 3 is 2.80 bits per heavy atom. The van der Waals surface area contributed by atoms with E-state index in [2.05, 4.69) is 35.0 Å². The molecule has 0 bridgehead atoms. The van der Waals surface area contributed by atoms with Gasteiger partial charge in [0.25, 0.3) is 0 Å². The van der Waals surface area contributed by atoms with E-state index in [0.717, 1.165) is 16.6 Å². The molecule has 0 unspecified atom stereocenters. The molecule has 0 fully saturated rings. The van der Waals surface area contributed by atoms with E-state index in [4.69, 9.17) is 10.5 Å². The molecule has 3 heteroatoms. The predicted molar refractivity (Wildman–Crippen MR) is 68.0 cm³/mol. The van der Waals surface area contributed by atoms with Crippen molar-refractivity contribution in [2.45, 2.75) is 13.3 Å². The summed E-state index contributed by atoms with van der Waals surface area (Å²) in [4.78, 5) is 0. The Kier molecular flexibility index (Phi) is 4.85. The van der Waals surface area contributed by atoms with Gasteiger partial charge >= 0.3 is 0 Å². The molecule has 2 N–H and O–H groups in total. The van der Waals surface area contributed by atoms with Gasteiger partial charge in [-0.05, 0) is 59.1 Å². The number of allylic oxidation sites excluding steroid dienone is 1. The van der Waals surface area contributed by atoms with Crippen molar-refractivity contribution in [3.8, 4) is 5.75 Å². The highest BCUT2D eigenvalue weighted by Crippen LogP contribution is 2.28. The van der Waals surface area contributed by atoms with Crippen LogP contribution in [-0.2, 0) is 0 Å². The molecular formula is C12H16BrNO. The lowest BCUT2D eigenvalue weighted by atomic mass is 10.1. The number of hydrogen-bond donors (Lipinski definition) is 1. The topological polar surface area (TPSA) is 35.2 Å². The van der Waals surface area contributed by atoms with E-state index in [1.54, 1.807) is 7.11 Å². The van der Waals surface area contributed by atoms with Crippen molar-refractivity contribution in [3.05, 3.63) is 34.3 Å². The van der Waals surface area contributed by atoms with Gasteiger partial charge in [0.2, 0.25) is 0 Å². The summed E-state index contributed by atoms with van der Waals surface area (Å²) in [6.07, 6.45) is 3.06. The molecule has 0 aliphatic carbocycles. The minimum absolute atomic E-state index is 0.689. The second-order valence-electron chi connectivity index (χ2n) is 3.31. The molecule has 2 nitrogen and oxygen atoms in total. The van der Waals surface area contributed by atoms with E-state index in [-0.39, 0.29) is 0 Å². The number of nitrogens with two attached hydrogens (primary N) is 1. The molecule has 1 aromatic rings. The third-order valence-electron chi connectivity index (χ3n) is 2.22. The molecule has 0 heterocycles. The molecule has 0 aliphatic rings. The molecular weight excluding hydrogens is 254 g/mol. The zero-order valence-corrected chi connectivity index (χ0v) is 10.7. The first-order valence-electron chi connectivity index (χ1n) is 4.89. The average molecular weight is 270 g/mol. The minimum atomic E-state index is 0.689. The number of rotatable bonds is 4. The maximum atomic E-state index is 5.46. The highest BCUT2D eigenvalue weighted by atomic mass is 79.9. The molecule has 0 aliphatic heterocycles. The normalized spacial score (nSPS) is 11.6. The fourth-order valence-corrected chi connectivity index (χ4v) is 1.87. The van der Waals surface area contributed by atoms with E-state index in [0.29, 0.717) is 6.54 Å². The van der Waals surface area contributed by atoms with Gasteiger partial charge in [0.1, 0.15) is 5.75 Å². The Morgan fingerprint density at radius 1 is 1.53 bits per heavy atom. The summed E-state index contributed by atoms with van der Waals surface area (Å²) in [5.74, 6) is 0.852. The van der Waals surface area contributed by atoms with Gasteiger partial charge in [-0.15, -0.1) is 0 Å². The Morgan fingerprint density at radius 2 is 2.27 bits per heavy atom. The Bertz CT molecular complexity index is 361. The number of benzene rings is 1. The summed E-state index contributed by atoms with van der Waals surface area (Å²) in [6.45, 7) is 2.78. The van der Waals surface area contributed by atoms with Crippen molar-refractivity contribution in [2.24, 2.45) is 5.73 Å². The van der Waals surface area contributed by atoms with Gasteiger partial charge in [-0.3, -0.25) is 0 Å². The first-order chi connectivity index (χ1) is 7.19. The fraction of sp³-hybridized carbons (Fsp3) is 0.333. The van der Waals surface area contributed by atoms with Gasteiger partial charge in [-0.25, -0.2) is 0 Å². The van der Waals surface area contributed by atoms with Crippen LogP contribution in [-0.4, -0.2) is 13.7 Å². The number of halogens is 1. The van der Waals surface area contributed by atoms with Crippen LogP contribution < -0.4 is 10.5 Å². The van der Waals surface area contributed by atoms with Crippen LogP contribution in [0.1, 0.15) is 18.9 Å². The van der Waals surface area contributed by atoms with Crippen LogP contribution in [0, 0.1) is 0 Å². The van der Waals surface area contributed by atoms with Gasteiger partial charge in [-0.1, -0.05) is 12.1 Å². The highest BCUT2D eigenvalue weighted by Gasteiger charge is 2.02. The molecule has 82 valence electrons. The van der Waals surface area contributed by atoms with Crippen molar-refractivity contribution in [1.82, 2.24) is 0 Å². The van der Waals surface area contributed by atoms with Crippen LogP contribution in [0.25, 0.3) is 5.57 Å². The quantitative estimate of drug-likeness (QED) is 0.911. The SMILES string of the molecule is COc1ccc(/C(C)=C/CCN)cc1Br. The van der Waals surface area contributed by atoms with E-state index in [1.807, 2.05) is 12.1 Å². The van der Waals surface area contributed by atoms with Gasteiger partial charge in [0, 0.05) is 0 Å². The van der Waals surface area contributed by atoms with Crippen molar-refractivity contribution in [1.29, 1.82) is 0 Å². The fourth-order valence-electron chi connectivity index (χ4n) is 1.33. The van der Waals surface area contributed by atoms with Crippen LogP contribution in [0.3, 0.4) is 0 Å². The summed E-state index contributed by atoms with van der Waals surface area (Å²) in [5, 5.41) is 0. The lowest BCUT2D eigenvalue weighted by molar-refractivity contribution is 0.412. The first-order valence-corrected chi connectivity index (χ1v) is 5.69. The summed E-state index contributed by atoms with van der Waals surface area (Å²) in [6, 6.07) is 6.06. The van der Waals surface area contributed by atoms with E-state index in [9.17, 15) is 0 Å². The predicted octanol–water partition coefficient (Wildman–Crippen LogP) is 3.21. The molecule has 1 aromatic carbocycles. The van der Waals surface area contributed by atoms with Crippen LogP contribution in [0.4, 0.5) is 0 Å². The third-order valence-corrected chi connectivity index (χ3v) is 2.84. The van der Waals surface area contributed by atoms with Gasteiger partial charge in [0.15, 0.2) is 0 Å². The lowest BCUT2D eigenvalue weighted by Crippen LogP contribution is -1.96. The van der Waals surface area contributed by atoms with E-state index >= 15 is 0 Å². The van der Waals surface area contributed by atoms with Crippen molar-refractivity contribution in [2.75, 3.05) is 13.7 Å². The van der Waals surface area contributed by atoms with Crippen LogP contribution in [0.15, 0.2) is 28.7 Å². The second-order valence-corrected chi connectivity index (χ2v) is 4.17. The first kappa shape index (κ1) is 12.3. The van der Waals surface area contributed by atoms with Gasteiger partial charge in [-0.2, -0.15) is 0 Å². The van der Waals surface area contributed by atoms with Gasteiger partial charge in [0.05, 0.1) is 11.6 Å². The zero-order chi connectivity index (χ0) is 11.3. The van der Waals surface area contributed by atoms with Crippen molar-refractivity contribution >= 4 is 21.5 Å². The molecule has 15 heavy (non-hydrogen) atoms. The van der Waals surface area contributed by atoms with Crippen LogP contribution in [0.2, 0.25) is 0 Å². The smallest absolute Gasteiger partial charge is 0.133 e. The number of hydrogen-bond acceptors (Lipinski definition) is 2. The maximum absolute atomic E-state index is 5.46. The molecule has 0 atom stereocenters. The molecule has 0 radical (unpaired) electrons. The summed E-state index contributed by atoms with van der Waals surface area (Å²) < 4.78 is 6.15. The Hall–Kier alpha value is -0.800. The molecule has 0 aromatic heterocycles. The number of methoxy groups -OCH3 is 1. The summed E-state index contributed by atoms with van der Waals surface area (Å²) >= 11 is 3.47. The van der Waals surface area contributed by atoms with Crippen molar-refractivity contribution < 1.29 is 4.74 Å². The average Bonchev–Trinajstić information content (AvgIpc) is 2.25. The monoisotopic (exact) mass is 269 g/mol. The molecule has 0 spiro atoms. The molecule has 1 rings (SSSR count). The summed E-state index contributed by atoms with van der Waals surface area (Å²) in [7, 11) is 1.66. The summed E-state index contributed by atoms with van der Waals surface area (Å²) in [5.41, 5.74) is 7.89. The van der Waals surface area contributed by atoms with Crippen LogP contribution in [0.5, 0.6) is 5.75 Å². The maximum Gasteiger partial charge on any atom is 0.133 e. The molecule has 0 saturated carbocycles. The Balaban J connectivity index is 2.92. The second kappa shape index (κ2) is 5.93. The van der Waals surface area contributed by atoms with E-state index in [1.165, 1.54) is 11.1 Å². The minimum Gasteiger partial charge on any atom is -0.496 e. The van der Waals surface area contributed by atoms with Crippen molar-refractivity contribution in [3.63, 3.8) is 0 Å². The zero-order valence-electron chi connectivity index (χ0n) is 9.09. The number of ether oxygens (including phenoxy) is 1.